The predicted molar refractivity (Wildman–Crippen MR) is 89.7 cm³/mol. The average molecular weight is 344 g/mol. The largest absolute Gasteiger partial charge is 0.458 e. The molecular weight excluding hydrogens is 328 g/mol. The summed E-state index contributed by atoms with van der Waals surface area (Å²) in [5.74, 6) is -0.320. The van der Waals surface area contributed by atoms with Gasteiger partial charge in [0.05, 0.1) is 16.9 Å². The minimum atomic E-state index is -0.636. The second-order valence-corrected chi connectivity index (χ2v) is 6.26. The monoisotopic (exact) mass is 344 g/mol. The summed E-state index contributed by atoms with van der Waals surface area (Å²) >= 11 is 1.45. The molecule has 6 heteroatoms. The summed E-state index contributed by atoms with van der Waals surface area (Å²) < 4.78 is 16.1. The minimum absolute atomic E-state index is 0.109. The van der Waals surface area contributed by atoms with Crippen LogP contribution in [0.5, 0.6) is 0 Å². The van der Waals surface area contributed by atoms with Gasteiger partial charge in [0.2, 0.25) is 6.29 Å². The van der Waals surface area contributed by atoms with Crippen molar-refractivity contribution in [3.05, 3.63) is 71.8 Å². The van der Waals surface area contributed by atoms with E-state index in [-0.39, 0.29) is 12.0 Å². The van der Waals surface area contributed by atoms with Crippen molar-refractivity contribution in [1.29, 1.82) is 0 Å². The Balaban J connectivity index is 1.44. The number of ether oxygens (including phenoxy) is 3. The lowest BCUT2D eigenvalue weighted by atomic mass is 10.2. The first kappa shape index (κ1) is 16.5. The summed E-state index contributed by atoms with van der Waals surface area (Å²) in [6.45, 7) is 0.109. The molecule has 0 aliphatic carbocycles. The molecule has 2 unspecified atom stereocenters. The zero-order valence-electron chi connectivity index (χ0n) is 12.8. The molecule has 2 aromatic rings. The molecule has 1 fully saturated rings. The predicted octanol–water partition coefficient (Wildman–Crippen LogP) is 3.12. The van der Waals surface area contributed by atoms with Gasteiger partial charge >= 0.3 is 11.9 Å². The van der Waals surface area contributed by atoms with Crippen molar-refractivity contribution in [2.75, 3.05) is 12.4 Å². The smallest absolute Gasteiger partial charge is 0.340 e. The Bertz CT molecular complexity index is 689. The maximum atomic E-state index is 12.0. The molecule has 3 rings (SSSR count). The van der Waals surface area contributed by atoms with E-state index in [2.05, 4.69) is 0 Å². The zero-order valence-corrected chi connectivity index (χ0v) is 13.6. The van der Waals surface area contributed by atoms with E-state index in [1.165, 1.54) is 11.8 Å². The Labute approximate surface area is 143 Å². The van der Waals surface area contributed by atoms with E-state index in [4.69, 9.17) is 14.2 Å². The standard InChI is InChI=1S/C18H16O5S/c19-17(13-7-3-1-4-8-13)21-11-16-22-15(12-24-16)23-18(20)14-9-5-2-6-10-14/h1-10,15-16H,11-12H2. The van der Waals surface area contributed by atoms with Crippen LogP contribution in [0.15, 0.2) is 60.7 Å². The number of thioether (sulfide) groups is 1. The van der Waals surface area contributed by atoms with Crippen LogP contribution in [0.25, 0.3) is 0 Å². The van der Waals surface area contributed by atoms with Gasteiger partial charge in [-0.3, -0.25) is 0 Å². The van der Waals surface area contributed by atoms with Crippen molar-refractivity contribution in [2.45, 2.75) is 11.7 Å². The van der Waals surface area contributed by atoms with Gasteiger partial charge in [-0.2, -0.15) is 0 Å². The number of carbonyl (C=O) groups is 2. The lowest BCUT2D eigenvalue weighted by Crippen LogP contribution is -2.23. The van der Waals surface area contributed by atoms with Crippen molar-refractivity contribution in [3.8, 4) is 0 Å². The van der Waals surface area contributed by atoms with Crippen LogP contribution < -0.4 is 0 Å². The number of hydrogen-bond acceptors (Lipinski definition) is 6. The fourth-order valence-electron chi connectivity index (χ4n) is 2.15. The van der Waals surface area contributed by atoms with Crippen molar-refractivity contribution in [1.82, 2.24) is 0 Å². The van der Waals surface area contributed by atoms with Crippen LogP contribution in [0.3, 0.4) is 0 Å². The minimum Gasteiger partial charge on any atom is -0.458 e. The molecule has 24 heavy (non-hydrogen) atoms. The SMILES string of the molecule is O=C(OCC1OC(OC(=O)c2ccccc2)CS1)c1ccccc1. The van der Waals surface area contributed by atoms with E-state index in [1.807, 2.05) is 12.1 Å². The fraction of sp³-hybridized carbons (Fsp3) is 0.222. The molecule has 1 saturated heterocycles. The van der Waals surface area contributed by atoms with Gasteiger partial charge < -0.3 is 14.2 Å². The van der Waals surface area contributed by atoms with Crippen LogP contribution >= 0.6 is 11.8 Å². The first-order valence-electron chi connectivity index (χ1n) is 7.47. The van der Waals surface area contributed by atoms with E-state index in [9.17, 15) is 9.59 Å². The summed E-state index contributed by atoms with van der Waals surface area (Å²) in [6.07, 6.45) is -0.636. The molecule has 0 radical (unpaired) electrons. The number of esters is 2. The molecule has 1 heterocycles. The van der Waals surface area contributed by atoms with Crippen molar-refractivity contribution >= 4 is 23.7 Å². The lowest BCUT2D eigenvalue weighted by Gasteiger charge is -2.13. The molecule has 1 aliphatic heterocycles. The highest BCUT2D eigenvalue weighted by Crippen LogP contribution is 2.27. The number of benzene rings is 2. The third-order valence-electron chi connectivity index (χ3n) is 3.33. The Hall–Kier alpha value is -2.31. The van der Waals surface area contributed by atoms with Gasteiger partial charge in [0.15, 0.2) is 0 Å². The van der Waals surface area contributed by atoms with Gasteiger partial charge in [0, 0.05) is 0 Å². The summed E-state index contributed by atoms with van der Waals surface area (Å²) in [5, 5.41) is 0. The van der Waals surface area contributed by atoms with Crippen LogP contribution in [0, 0.1) is 0 Å². The highest BCUT2D eigenvalue weighted by molar-refractivity contribution is 8.00. The summed E-state index contributed by atoms with van der Waals surface area (Å²) in [7, 11) is 0. The molecule has 0 amide bonds. The Kier molecular flexibility index (Phi) is 5.51. The van der Waals surface area contributed by atoms with E-state index in [0.29, 0.717) is 16.9 Å². The second-order valence-electron chi connectivity index (χ2n) is 5.06. The first-order valence-corrected chi connectivity index (χ1v) is 8.52. The normalized spacial score (nSPS) is 19.7. The van der Waals surface area contributed by atoms with Crippen LogP contribution in [0.2, 0.25) is 0 Å². The quantitative estimate of drug-likeness (QED) is 0.777. The van der Waals surface area contributed by atoms with Gasteiger partial charge in [-0.25, -0.2) is 9.59 Å². The van der Waals surface area contributed by atoms with Crippen molar-refractivity contribution in [3.63, 3.8) is 0 Å². The van der Waals surface area contributed by atoms with Crippen LogP contribution in [-0.2, 0) is 14.2 Å². The highest BCUT2D eigenvalue weighted by Gasteiger charge is 2.30. The molecule has 1 aliphatic rings. The third-order valence-corrected chi connectivity index (χ3v) is 4.41. The Morgan fingerprint density at radius 3 is 2.17 bits per heavy atom. The van der Waals surface area contributed by atoms with Crippen molar-refractivity contribution < 1.29 is 23.8 Å². The molecule has 0 bridgehead atoms. The van der Waals surface area contributed by atoms with Gasteiger partial charge in [0.25, 0.3) is 0 Å². The average Bonchev–Trinajstić information content (AvgIpc) is 3.08. The highest BCUT2D eigenvalue weighted by atomic mass is 32.2. The number of rotatable bonds is 5. The van der Waals surface area contributed by atoms with Crippen LogP contribution in [0.4, 0.5) is 0 Å². The Morgan fingerprint density at radius 1 is 0.958 bits per heavy atom. The first-order chi connectivity index (χ1) is 11.7. The molecule has 0 spiro atoms. The molecule has 5 nitrogen and oxygen atoms in total. The fourth-order valence-corrected chi connectivity index (χ4v) is 3.03. The molecule has 124 valence electrons. The van der Waals surface area contributed by atoms with E-state index in [0.717, 1.165) is 0 Å². The zero-order chi connectivity index (χ0) is 16.8. The molecule has 0 saturated carbocycles. The second kappa shape index (κ2) is 7.99. The summed E-state index contributed by atoms with van der Waals surface area (Å²) in [5.41, 5.74) is 0.629. The molecule has 0 aromatic heterocycles. The van der Waals surface area contributed by atoms with Crippen molar-refractivity contribution in [2.24, 2.45) is 0 Å². The van der Waals surface area contributed by atoms with E-state index < -0.39 is 18.2 Å². The summed E-state index contributed by atoms with van der Waals surface area (Å²) in [4.78, 5) is 23.8. The maximum absolute atomic E-state index is 12.0. The van der Waals surface area contributed by atoms with E-state index in [1.54, 1.807) is 48.5 Å². The van der Waals surface area contributed by atoms with Crippen LogP contribution in [-0.4, -0.2) is 36.0 Å². The van der Waals surface area contributed by atoms with Gasteiger partial charge in [-0.1, -0.05) is 36.4 Å². The number of carbonyl (C=O) groups excluding carboxylic acids is 2. The number of hydrogen-bond donors (Lipinski definition) is 0. The van der Waals surface area contributed by atoms with E-state index >= 15 is 0 Å². The van der Waals surface area contributed by atoms with Crippen LogP contribution in [0.1, 0.15) is 20.7 Å². The van der Waals surface area contributed by atoms with Gasteiger partial charge in [0.1, 0.15) is 12.0 Å². The third kappa shape index (κ3) is 4.37. The topological polar surface area (TPSA) is 61.8 Å². The Morgan fingerprint density at radius 2 is 1.54 bits per heavy atom. The molecule has 2 atom stereocenters. The van der Waals surface area contributed by atoms with Gasteiger partial charge in [-0.05, 0) is 24.3 Å². The molecular formula is C18H16O5S. The molecule has 2 aromatic carbocycles. The maximum Gasteiger partial charge on any atom is 0.340 e. The molecule has 0 N–H and O–H groups in total. The lowest BCUT2D eigenvalue weighted by molar-refractivity contribution is -0.103. The van der Waals surface area contributed by atoms with Gasteiger partial charge in [-0.15, -0.1) is 11.8 Å². The summed E-state index contributed by atoms with van der Waals surface area (Å²) in [6, 6.07) is 17.5.